The summed E-state index contributed by atoms with van der Waals surface area (Å²) in [5.74, 6) is 0.0682. The lowest BCUT2D eigenvalue weighted by molar-refractivity contribution is 0.628. The van der Waals surface area contributed by atoms with Crippen molar-refractivity contribution >= 4 is 49.2 Å². The van der Waals surface area contributed by atoms with E-state index in [0.717, 1.165) is 31.6 Å². The molecule has 2 N–H and O–H groups in total. The van der Waals surface area contributed by atoms with E-state index in [2.05, 4.69) is 15.0 Å². The number of nitrogen functional groups attached to an aromatic ring is 1. The third-order valence-electron chi connectivity index (χ3n) is 3.38. The zero-order valence-electron chi connectivity index (χ0n) is 11.0. The Balaban J connectivity index is 2.00. The fraction of sp³-hybridized carbons (Fsp3) is 0. The highest BCUT2D eigenvalue weighted by atomic mass is 35.5. The number of nitrogens with two attached hydrogens (primary N) is 1. The number of nitrogens with zero attached hydrogens (tertiary/aromatic N) is 3. The number of aromatic nitrogens is 3. The van der Waals surface area contributed by atoms with E-state index in [9.17, 15) is 4.39 Å². The van der Waals surface area contributed by atoms with Crippen LogP contribution in [-0.4, -0.2) is 15.0 Å². The van der Waals surface area contributed by atoms with Gasteiger partial charge >= 0.3 is 0 Å². The van der Waals surface area contributed by atoms with E-state index in [1.54, 1.807) is 12.3 Å². The zero-order chi connectivity index (χ0) is 15.3. The van der Waals surface area contributed by atoms with Crippen LogP contribution in [0.4, 0.5) is 10.2 Å². The second-order valence-corrected chi connectivity index (χ2v) is 6.15. The molecule has 1 aromatic carbocycles. The van der Waals surface area contributed by atoms with Crippen LogP contribution in [0, 0.1) is 5.82 Å². The van der Waals surface area contributed by atoms with Crippen LogP contribution in [0.5, 0.6) is 0 Å². The van der Waals surface area contributed by atoms with Gasteiger partial charge in [-0.05, 0) is 24.3 Å². The molecule has 3 aromatic heterocycles. The maximum absolute atomic E-state index is 13.2. The summed E-state index contributed by atoms with van der Waals surface area (Å²) in [6.45, 7) is 0. The minimum atomic E-state index is -0.371. The second-order valence-electron chi connectivity index (χ2n) is 4.74. The highest BCUT2D eigenvalue weighted by Gasteiger charge is 2.13. The number of hydrogen-bond donors (Lipinski definition) is 1. The van der Waals surface area contributed by atoms with Crippen molar-refractivity contribution in [3.05, 3.63) is 47.6 Å². The van der Waals surface area contributed by atoms with Gasteiger partial charge in [0.1, 0.15) is 22.8 Å². The number of hydrogen-bond acceptors (Lipinski definition) is 5. The third kappa shape index (κ3) is 2.00. The van der Waals surface area contributed by atoms with Gasteiger partial charge in [0.2, 0.25) is 0 Å². The van der Waals surface area contributed by atoms with Crippen molar-refractivity contribution in [1.82, 2.24) is 15.0 Å². The molecule has 0 bridgehead atoms. The van der Waals surface area contributed by atoms with E-state index < -0.39 is 0 Å². The quantitative estimate of drug-likeness (QED) is 0.565. The Hall–Kier alpha value is -2.31. The Morgan fingerprint density at radius 3 is 2.82 bits per heavy atom. The van der Waals surface area contributed by atoms with Gasteiger partial charge in [0.25, 0.3) is 0 Å². The van der Waals surface area contributed by atoms with Crippen LogP contribution < -0.4 is 5.73 Å². The topological polar surface area (TPSA) is 64.7 Å². The summed E-state index contributed by atoms with van der Waals surface area (Å²) in [4.78, 5) is 13.5. The first-order valence-corrected chi connectivity index (χ1v) is 7.57. The predicted molar refractivity (Wildman–Crippen MR) is 87.5 cm³/mol. The molecule has 4 rings (SSSR count). The number of benzene rings is 1. The van der Waals surface area contributed by atoms with Crippen molar-refractivity contribution in [3.8, 4) is 11.1 Å². The minimum Gasteiger partial charge on any atom is -0.382 e. The zero-order valence-corrected chi connectivity index (χ0v) is 12.6. The van der Waals surface area contributed by atoms with Crippen LogP contribution in [0.15, 0.2) is 36.8 Å². The maximum Gasteiger partial charge on any atom is 0.144 e. The molecule has 0 atom stereocenters. The van der Waals surface area contributed by atoms with Crippen LogP contribution in [0.1, 0.15) is 0 Å². The van der Waals surface area contributed by atoms with Crippen molar-refractivity contribution in [2.24, 2.45) is 0 Å². The molecular formula is C15H8ClFN4S. The summed E-state index contributed by atoms with van der Waals surface area (Å²) in [5.41, 5.74) is 8.16. The van der Waals surface area contributed by atoms with Crippen molar-refractivity contribution in [2.75, 3.05) is 5.73 Å². The first-order chi connectivity index (χ1) is 10.6. The summed E-state index contributed by atoms with van der Waals surface area (Å²) >= 11 is 7.57. The Morgan fingerprint density at radius 1 is 1.14 bits per heavy atom. The smallest absolute Gasteiger partial charge is 0.144 e. The first-order valence-electron chi connectivity index (χ1n) is 6.37. The standard InChI is InChI=1S/C15H8ClFN4S/c16-11-4-8(17)1-2-9(11)7-3-10-12-13(14(18)21-6-20-12)22-15(10)19-5-7/h1-6H,(H2,18,20,21). The Bertz CT molecular complexity index is 1030. The number of pyridine rings is 1. The molecule has 0 radical (unpaired) electrons. The van der Waals surface area contributed by atoms with Gasteiger partial charge in [-0.25, -0.2) is 19.3 Å². The average molecular weight is 331 g/mol. The number of thiophene rings is 1. The SMILES string of the molecule is Nc1ncnc2c1sc1ncc(-c3ccc(F)cc3Cl)cc12. The predicted octanol–water partition coefficient (Wildman–Crippen LogP) is 4.28. The highest BCUT2D eigenvalue weighted by Crippen LogP contribution is 2.36. The molecule has 0 aliphatic heterocycles. The highest BCUT2D eigenvalue weighted by molar-refractivity contribution is 7.25. The van der Waals surface area contributed by atoms with Gasteiger partial charge in [-0.2, -0.15) is 0 Å². The molecule has 0 saturated heterocycles. The number of fused-ring (bicyclic) bond motifs is 3. The van der Waals surface area contributed by atoms with Crippen LogP contribution in [-0.2, 0) is 0 Å². The van der Waals surface area contributed by atoms with E-state index >= 15 is 0 Å². The maximum atomic E-state index is 13.2. The van der Waals surface area contributed by atoms with E-state index in [-0.39, 0.29) is 5.82 Å². The minimum absolute atomic E-state index is 0.342. The fourth-order valence-electron chi connectivity index (χ4n) is 2.35. The number of anilines is 1. The Morgan fingerprint density at radius 2 is 2.00 bits per heavy atom. The van der Waals surface area contributed by atoms with Gasteiger partial charge in [-0.15, -0.1) is 11.3 Å². The lowest BCUT2D eigenvalue weighted by Crippen LogP contribution is -1.90. The van der Waals surface area contributed by atoms with Crippen molar-refractivity contribution < 1.29 is 4.39 Å². The van der Waals surface area contributed by atoms with Crippen molar-refractivity contribution in [1.29, 1.82) is 0 Å². The van der Waals surface area contributed by atoms with Gasteiger partial charge in [0.05, 0.1) is 15.2 Å². The van der Waals surface area contributed by atoms with Crippen LogP contribution >= 0.6 is 22.9 Å². The van der Waals surface area contributed by atoms with Crippen molar-refractivity contribution in [2.45, 2.75) is 0 Å². The van der Waals surface area contributed by atoms with E-state index in [1.165, 1.54) is 29.8 Å². The molecule has 0 unspecified atom stereocenters. The molecule has 108 valence electrons. The fourth-order valence-corrected chi connectivity index (χ4v) is 3.61. The Labute approximate surface area is 133 Å². The lowest BCUT2D eigenvalue weighted by Gasteiger charge is -2.04. The molecule has 3 heterocycles. The molecule has 0 spiro atoms. The van der Waals surface area contributed by atoms with E-state index in [1.807, 2.05) is 6.07 Å². The summed E-state index contributed by atoms with van der Waals surface area (Å²) in [6, 6.07) is 6.23. The van der Waals surface area contributed by atoms with Crippen LogP contribution in [0.2, 0.25) is 5.02 Å². The number of rotatable bonds is 1. The molecule has 7 heteroatoms. The van der Waals surface area contributed by atoms with Gasteiger partial charge in [-0.1, -0.05) is 11.6 Å². The van der Waals surface area contributed by atoms with Gasteiger partial charge in [-0.3, -0.25) is 0 Å². The van der Waals surface area contributed by atoms with Gasteiger partial charge < -0.3 is 5.73 Å². The van der Waals surface area contributed by atoms with Crippen LogP contribution in [0.3, 0.4) is 0 Å². The molecule has 4 nitrogen and oxygen atoms in total. The molecule has 0 saturated carbocycles. The molecule has 4 aromatic rings. The molecule has 0 amide bonds. The molecule has 0 aliphatic carbocycles. The second kappa shape index (κ2) is 4.86. The van der Waals surface area contributed by atoms with Gasteiger partial charge in [0.15, 0.2) is 0 Å². The summed E-state index contributed by atoms with van der Waals surface area (Å²) in [5, 5.41) is 1.22. The molecular weight excluding hydrogens is 323 g/mol. The first kappa shape index (κ1) is 13.4. The van der Waals surface area contributed by atoms with Gasteiger partial charge in [0, 0.05) is 22.7 Å². The average Bonchev–Trinajstić information content (AvgIpc) is 2.87. The monoisotopic (exact) mass is 330 g/mol. The van der Waals surface area contributed by atoms with Crippen LogP contribution in [0.25, 0.3) is 31.6 Å². The number of halogens is 2. The summed E-state index contributed by atoms with van der Waals surface area (Å²) in [6.07, 6.45) is 3.14. The molecule has 0 fully saturated rings. The summed E-state index contributed by atoms with van der Waals surface area (Å²) < 4.78 is 14.0. The normalized spacial score (nSPS) is 11.4. The largest absolute Gasteiger partial charge is 0.382 e. The van der Waals surface area contributed by atoms with Crippen molar-refractivity contribution in [3.63, 3.8) is 0 Å². The van der Waals surface area contributed by atoms with E-state index in [4.69, 9.17) is 17.3 Å². The molecule has 22 heavy (non-hydrogen) atoms. The van der Waals surface area contributed by atoms with E-state index in [0.29, 0.717) is 10.8 Å². The Kier molecular flexibility index (Phi) is 2.95. The lowest BCUT2D eigenvalue weighted by atomic mass is 10.1. The third-order valence-corrected chi connectivity index (χ3v) is 4.82. The summed E-state index contributed by atoms with van der Waals surface area (Å²) in [7, 11) is 0. The molecule has 0 aliphatic rings.